The normalized spacial score (nSPS) is 10.9. The summed E-state index contributed by atoms with van der Waals surface area (Å²) in [5, 5.41) is 10.1. The maximum Gasteiger partial charge on any atom is 0.238 e. The van der Waals surface area contributed by atoms with Gasteiger partial charge in [0.25, 0.3) is 0 Å². The third-order valence-corrected chi connectivity index (χ3v) is 5.41. The minimum absolute atomic E-state index is 0.244. The van der Waals surface area contributed by atoms with Crippen molar-refractivity contribution in [2.24, 2.45) is 4.99 Å². The number of aryl methyl sites for hydroxylation is 2. The van der Waals surface area contributed by atoms with Crippen LogP contribution in [0, 0.1) is 25.2 Å². The minimum atomic E-state index is 0.244. The van der Waals surface area contributed by atoms with E-state index in [0.29, 0.717) is 28.4 Å². The molecule has 0 aliphatic carbocycles. The summed E-state index contributed by atoms with van der Waals surface area (Å²) in [5.41, 5.74) is 5.89. The third-order valence-electron chi connectivity index (χ3n) is 5.41. The molecule has 0 unspecified atom stereocenters. The molecular formula is C28H24N2O3. The van der Waals surface area contributed by atoms with Crippen molar-refractivity contribution in [1.82, 2.24) is 0 Å². The van der Waals surface area contributed by atoms with E-state index in [0.717, 1.165) is 27.8 Å². The summed E-state index contributed by atoms with van der Waals surface area (Å²) < 4.78 is 17.1. The fourth-order valence-electron chi connectivity index (χ4n) is 3.66. The molecule has 0 aliphatic rings. The van der Waals surface area contributed by atoms with Crippen LogP contribution in [0.2, 0.25) is 0 Å². The number of methoxy groups -OCH3 is 2. The molecule has 0 spiro atoms. The van der Waals surface area contributed by atoms with E-state index in [1.54, 1.807) is 20.4 Å². The number of aliphatic imine (C=N–C) groups is 1. The van der Waals surface area contributed by atoms with Crippen LogP contribution in [0.25, 0.3) is 22.5 Å². The standard InChI is InChI=1S/C28H24N2O3/c1-18-8-12-20(13-9-18)25-23(16-29)28(33-27(25)21-14-10-19(2)11-15-21)30-17-22-6-5-7-24(31-3)26(22)32-4/h5-15,17H,1-4H3. The number of para-hydroxylation sites is 1. The van der Waals surface area contributed by atoms with Gasteiger partial charge < -0.3 is 13.9 Å². The summed E-state index contributed by atoms with van der Waals surface area (Å²) in [4.78, 5) is 4.55. The monoisotopic (exact) mass is 436 g/mol. The van der Waals surface area contributed by atoms with Gasteiger partial charge >= 0.3 is 0 Å². The molecule has 0 saturated heterocycles. The van der Waals surface area contributed by atoms with Crippen LogP contribution in [0.15, 0.2) is 76.1 Å². The molecule has 5 heteroatoms. The number of furan rings is 1. The smallest absolute Gasteiger partial charge is 0.238 e. The van der Waals surface area contributed by atoms with Gasteiger partial charge in [-0.05, 0) is 31.5 Å². The number of hydrogen-bond donors (Lipinski definition) is 0. The zero-order chi connectivity index (χ0) is 23.4. The summed E-state index contributed by atoms with van der Waals surface area (Å²) in [6, 6.07) is 23.9. The Hall–Kier alpha value is -4.30. The molecule has 1 aromatic heterocycles. The number of hydrogen-bond acceptors (Lipinski definition) is 5. The number of nitrogens with zero attached hydrogens (tertiary/aromatic N) is 2. The van der Waals surface area contributed by atoms with Gasteiger partial charge in [-0.25, -0.2) is 4.99 Å². The third kappa shape index (κ3) is 4.37. The van der Waals surface area contributed by atoms with Crippen molar-refractivity contribution >= 4 is 12.1 Å². The molecule has 0 atom stereocenters. The largest absolute Gasteiger partial charge is 0.493 e. The first kappa shape index (κ1) is 21.9. The van der Waals surface area contributed by atoms with Crippen molar-refractivity contribution in [3.05, 3.63) is 89.0 Å². The highest BCUT2D eigenvalue weighted by atomic mass is 16.5. The Kier molecular flexibility index (Phi) is 6.28. The molecule has 0 bridgehead atoms. The van der Waals surface area contributed by atoms with E-state index in [-0.39, 0.29) is 5.88 Å². The first-order chi connectivity index (χ1) is 16.0. The molecule has 164 valence electrons. The van der Waals surface area contributed by atoms with Crippen molar-refractivity contribution < 1.29 is 13.9 Å². The fraction of sp³-hybridized carbons (Fsp3) is 0.143. The van der Waals surface area contributed by atoms with E-state index < -0.39 is 0 Å². The lowest BCUT2D eigenvalue weighted by Gasteiger charge is -2.09. The number of benzene rings is 3. The predicted molar refractivity (Wildman–Crippen MR) is 131 cm³/mol. The van der Waals surface area contributed by atoms with Gasteiger partial charge in [0, 0.05) is 22.9 Å². The number of rotatable bonds is 6. The van der Waals surface area contributed by atoms with Gasteiger partial charge in [0.15, 0.2) is 11.5 Å². The summed E-state index contributed by atoms with van der Waals surface area (Å²) >= 11 is 0. The molecule has 0 N–H and O–H groups in total. The van der Waals surface area contributed by atoms with E-state index in [1.165, 1.54) is 0 Å². The van der Waals surface area contributed by atoms with Crippen LogP contribution >= 0.6 is 0 Å². The molecule has 1 heterocycles. The van der Waals surface area contributed by atoms with Crippen LogP contribution in [0.1, 0.15) is 22.3 Å². The van der Waals surface area contributed by atoms with Gasteiger partial charge in [0.05, 0.1) is 14.2 Å². The highest BCUT2D eigenvalue weighted by Gasteiger charge is 2.23. The van der Waals surface area contributed by atoms with Gasteiger partial charge in [-0.2, -0.15) is 5.26 Å². The average molecular weight is 437 g/mol. The molecular weight excluding hydrogens is 412 g/mol. The zero-order valence-corrected chi connectivity index (χ0v) is 19.0. The van der Waals surface area contributed by atoms with Gasteiger partial charge in [0.2, 0.25) is 5.88 Å². The van der Waals surface area contributed by atoms with E-state index in [1.807, 2.05) is 80.6 Å². The highest BCUT2D eigenvalue weighted by molar-refractivity contribution is 5.91. The molecule has 0 amide bonds. The van der Waals surface area contributed by atoms with Gasteiger partial charge in [0.1, 0.15) is 17.4 Å². The second kappa shape index (κ2) is 9.46. The Morgan fingerprint density at radius 2 is 1.48 bits per heavy atom. The van der Waals surface area contributed by atoms with Gasteiger partial charge in [-0.15, -0.1) is 0 Å². The van der Waals surface area contributed by atoms with E-state index >= 15 is 0 Å². The molecule has 4 aromatic rings. The second-order valence-electron chi connectivity index (χ2n) is 7.67. The van der Waals surface area contributed by atoms with Crippen molar-refractivity contribution in [2.75, 3.05) is 14.2 Å². The Morgan fingerprint density at radius 3 is 2.06 bits per heavy atom. The van der Waals surface area contributed by atoms with Crippen molar-refractivity contribution in [3.8, 4) is 40.0 Å². The summed E-state index contributed by atoms with van der Waals surface area (Å²) in [6.07, 6.45) is 1.62. The van der Waals surface area contributed by atoms with Gasteiger partial charge in [-0.3, -0.25) is 0 Å². The van der Waals surface area contributed by atoms with Crippen LogP contribution < -0.4 is 9.47 Å². The molecule has 3 aromatic carbocycles. The molecule has 0 saturated carbocycles. The number of ether oxygens (including phenoxy) is 2. The Bertz CT molecular complexity index is 1340. The van der Waals surface area contributed by atoms with Crippen LogP contribution in [-0.2, 0) is 0 Å². The van der Waals surface area contributed by atoms with Crippen LogP contribution in [-0.4, -0.2) is 20.4 Å². The number of nitriles is 1. The first-order valence-corrected chi connectivity index (χ1v) is 10.5. The molecule has 5 nitrogen and oxygen atoms in total. The minimum Gasteiger partial charge on any atom is -0.493 e. The molecule has 0 fully saturated rings. The van der Waals surface area contributed by atoms with Crippen molar-refractivity contribution in [1.29, 1.82) is 5.26 Å². The predicted octanol–water partition coefficient (Wildman–Crippen LogP) is 6.87. The molecule has 33 heavy (non-hydrogen) atoms. The topological polar surface area (TPSA) is 67.8 Å². The summed E-state index contributed by atoms with van der Waals surface area (Å²) in [5.74, 6) is 2.02. The van der Waals surface area contributed by atoms with Crippen molar-refractivity contribution in [2.45, 2.75) is 13.8 Å². The lowest BCUT2D eigenvalue weighted by molar-refractivity contribution is 0.354. The fourth-order valence-corrected chi connectivity index (χ4v) is 3.66. The van der Waals surface area contributed by atoms with E-state index in [9.17, 15) is 5.26 Å². The average Bonchev–Trinajstić information content (AvgIpc) is 3.21. The SMILES string of the molecule is COc1cccc(C=Nc2oc(-c3ccc(C)cc3)c(-c3ccc(C)cc3)c2C#N)c1OC. The van der Waals surface area contributed by atoms with E-state index in [4.69, 9.17) is 13.9 Å². The zero-order valence-electron chi connectivity index (χ0n) is 19.0. The molecule has 0 radical (unpaired) electrons. The van der Waals surface area contributed by atoms with Crippen LogP contribution in [0.5, 0.6) is 11.5 Å². The Morgan fingerprint density at radius 1 is 0.848 bits per heavy atom. The quantitative estimate of drug-likeness (QED) is 0.309. The van der Waals surface area contributed by atoms with Gasteiger partial charge in [-0.1, -0.05) is 65.7 Å². The lowest BCUT2D eigenvalue weighted by Crippen LogP contribution is -1.94. The highest BCUT2D eigenvalue weighted by Crippen LogP contribution is 2.43. The summed E-state index contributed by atoms with van der Waals surface area (Å²) in [6.45, 7) is 4.06. The second-order valence-corrected chi connectivity index (χ2v) is 7.67. The van der Waals surface area contributed by atoms with Crippen LogP contribution in [0.3, 0.4) is 0 Å². The Labute approximate surface area is 193 Å². The maximum atomic E-state index is 10.1. The molecule has 4 rings (SSSR count). The Balaban J connectivity index is 1.89. The van der Waals surface area contributed by atoms with Crippen molar-refractivity contribution in [3.63, 3.8) is 0 Å². The summed E-state index contributed by atoms with van der Waals surface area (Å²) in [7, 11) is 3.16. The van der Waals surface area contributed by atoms with Crippen LogP contribution in [0.4, 0.5) is 5.88 Å². The first-order valence-electron chi connectivity index (χ1n) is 10.5. The maximum absolute atomic E-state index is 10.1. The lowest BCUT2D eigenvalue weighted by atomic mass is 9.97. The molecule has 0 aliphatic heterocycles. The van der Waals surface area contributed by atoms with E-state index in [2.05, 4.69) is 11.1 Å².